The van der Waals surface area contributed by atoms with Gasteiger partial charge in [0.05, 0.1) is 16.2 Å². The molecule has 0 aliphatic heterocycles. The van der Waals surface area contributed by atoms with E-state index in [9.17, 15) is 18.0 Å². The van der Waals surface area contributed by atoms with E-state index in [1.807, 2.05) is 54.6 Å². The van der Waals surface area contributed by atoms with Crippen molar-refractivity contribution in [3.63, 3.8) is 0 Å². The molecule has 0 fully saturated rings. The molecule has 0 unspecified atom stereocenters. The number of halogens is 4. The number of aromatic amines is 1. The predicted molar refractivity (Wildman–Crippen MR) is 128 cm³/mol. The Morgan fingerprint density at radius 1 is 0.912 bits per heavy atom. The highest BCUT2D eigenvalue weighted by atomic mass is 35.5. The maximum Gasteiger partial charge on any atom is 0.389 e. The zero-order chi connectivity index (χ0) is 23.9. The molecular weight excluding hydrogens is 463 g/mol. The highest BCUT2D eigenvalue weighted by Gasteiger charge is 2.27. The van der Waals surface area contributed by atoms with Crippen molar-refractivity contribution in [2.24, 2.45) is 0 Å². The molecule has 0 atom stereocenters. The largest absolute Gasteiger partial charge is 0.389 e. The molecule has 0 saturated heterocycles. The van der Waals surface area contributed by atoms with Crippen LogP contribution in [0.2, 0.25) is 5.02 Å². The number of alkyl halides is 3. The van der Waals surface area contributed by atoms with Gasteiger partial charge in [-0.2, -0.15) is 13.2 Å². The first-order valence-electron chi connectivity index (χ1n) is 10.5. The Morgan fingerprint density at radius 2 is 1.71 bits per heavy atom. The van der Waals surface area contributed by atoms with Gasteiger partial charge in [-0.15, -0.1) is 0 Å². The van der Waals surface area contributed by atoms with Crippen LogP contribution in [0.15, 0.2) is 77.7 Å². The van der Waals surface area contributed by atoms with Crippen molar-refractivity contribution in [3.05, 3.63) is 93.9 Å². The molecule has 170 valence electrons. The fraction of sp³-hybridized carbons (Fsp3) is 0.115. The lowest BCUT2D eigenvalue weighted by molar-refractivity contribution is -0.134. The molecule has 4 nitrogen and oxygen atoms in total. The molecule has 0 aliphatic rings. The Bertz CT molecular complexity index is 1580. The number of benzene rings is 2. The third-order valence-electron chi connectivity index (χ3n) is 5.60. The minimum atomic E-state index is -4.35. The topological polar surface area (TPSA) is 58.6 Å². The van der Waals surface area contributed by atoms with Gasteiger partial charge in [0, 0.05) is 40.1 Å². The Kier molecular flexibility index (Phi) is 5.57. The van der Waals surface area contributed by atoms with Crippen LogP contribution in [0.3, 0.4) is 0 Å². The smallest absolute Gasteiger partial charge is 0.306 e. The van der Waals surface area contributed by atoms with Crippen molar-refractivity contribution in [1.82, 2.24) is 15.0 Å². The van der Waals surface area contributed by atoms with E-state index < -0.39 is 24.6 Å². The van der Waals surface area contributed by atoms with Crippen molar-refractivity contribution in [3.8, 4) is 22.4 Å². The fourth-order valence-electron chi connectivity index (χ4n) is 3.98. The van der Waals surface area contributed by atoms with Gasteiger partial charge in [-0.3, -0.25) is 9.78 Å². The molecule has 0 aliphatic carbocycles. The first-order valence-corrected chi connectivity index (χ1v) is 10.9. The van der Waals surface area contributed by atoms with Gasteiger partial charge in [0.2, 0.25) is 0 Å². The molecule has 34 heavy (non-hydrogen) atoms. The van der Waals surface area contributed by atoms with E-state index in [2.05, 4.69) is 9.97 Å². The summed E-state index contributed by atoms with van der Waals surface area (Å²) in [7, 11) is 0. The normalized spacial score (nSPS) is 11.9. The van der Waals surface area contributed by atoms with E-state index >= 15 is 0 Å². The lowest BCUT2D eigenvalue weighted by Crippen LogP contribution is -2.17. The average Bonchev–Trinajstić information content (AvgIpc) is 2.82. The summed E-state index contributed by atoms with van der Waals surface area (Å²) < 4.78 is 38.2. The van der Waals surface area contributed by atoms with Crippen molar-refractivity contribution in [2.75, 3.05) is 0 Å². The Hall–Kier alpha value is -3.71. The van der Waals surface area contributed by atoms with Crippen LogP contribution in [-0.4, -0.2) is 21.1 Å². The number of fused-ring (bicyclic) bond motifs is 2. The maximum atomic E-state index is 12.7. The SMILES string of the molecule is O=c1[nH]c2nc(-c3ccccc3)c(-c3cc(Cl)c4ncccc4c3)cc2cc1CCC(F)(F)F. The van der Waals surface area contributed by atoms with Crippen LogP contribution in [0, 0.1) is 0 Å². The van der Waals surface area contributed by atoms with Crippen LogP contribution in [0.25, 0.3) is 44.3 Å². The quantitative estimate of drug-likeness (QED) is 0.303. The second kappa shape index (κ2) is 8.57. The number of H-pyrrole nitrogens is 1. The molecule has 1 N–H and O–H groups in total. The minimum absolute atomic E-state index is 0.0609. The van der Waals surface area contributed by atoms with Crippen LogP contribution in [0.5, 0.6) is 0 Å². The number of pyridine rings is 3. The van der Waals surface area contributed by atoms with E-state index in [0.717, 1.165) is 22.1 Å². The van der Waals surface area contributed by atoms with E-state index in [4.69, 9.17) is 16.6 Å². The van der Waals surface area contributed by atoms with Gasteiger partial charge in [-0.1, -0.05) is 48.0 Å². The summed E-state index contributed by atoms with van der Waals surface area (Å²) in [5.74, 6) is 0. The first kappa shape index (κ1) is 22.1. The number of hydrogen-bond donors (Lipinski definition) is 1. The average molecular weight is 480 g/mol. The fourth-order valence-corrected chi connectivity index (χ4v) is 4.26. The number of aromatic nitrogens is 3. The summed E-state index contributed by atoms with van der Waals surface area (Å²) in [6.07, 6.45) is -4.16. The summed E-state index contributed by atoms with van der Waals surface area (Å²) in [6, 6.07) is 20.2. The van der Waals surface area contributed by atoms with E-state index in [1.165, 1.54) is 6.07 Å². The second-order valence-corrected chi connectivity index (χ2v) is 8.37. The zero-order valence-corrected chi connectivity index (χ0v) is 18.4. The van der Waals surface area contributed by atoms with Gasteiger partial charge in [-0.05, 0) is 42.3 Å². The Balaban J connectivity index is 1.74. The molecule has 0 bridgehead atoms. The highest BCUT2D eigenvalue weighted by Crippen LogP contribution is 2.36. The molecular formula is C26H17ClF3N3O. The number of aryl methyl sites for hydroxylation is 1. The Morgan fingerprint density at radius 3 is 2.47 bits per heavy atom. The van der Waals surface area contributed by atoms with Crippen molar-refractivity contribution in [2.45, 2.75) is 19.0 Å². The zero-order valence-electron chi connectivity index (χ0n) is 17.7. The Labute approximate surface area is 197 Å². The number of nitrogens with one attached hydrogen (secondary N) is 1. The van der Waals surface area contributed by atoms with Crippen LogP contribution in [0.4, 0.5) is 13.2 Å². The van der Waals surface area contributed by atoms with Crippen LogP contribution >= 0.6 is 11.6 Å². The summed E-state index contributed by atoms with van der Waals surface area (Å²) in [5, 5.41) is 1.85. The summed E-state index contributed by atoms with van der Waals surface area (Å²) in [6.45, 7) is 0. The molecule has 0 spiro atoms. The summed E-state index contributed by atoms with van der Waals surface area (Å²) >= 11 is 6.52. The third kappa shape index (κ3) is 4.39. The summed E-state index contributed by atoms with van der Waals surface area (Å²) in [5.41, 5.74) is 3.41. The van der Waals surface area contributed by atoms with E-state index in [0.29, 0.717) is 27.3 Å². The van der Waals surface area contributed by atoms with Gasteiger partial charge in [0.25, 0.3) is 5.56 Å². The molecule has 0 amide bonds. The maximum absolute atomic E-state index is 12.7. The number of hydrogen-bond acceptors (Lipinski definition) is 3. The molecule has 5 rings (SSSR count). The second-order valence-electron chi connectivity index (χ2n) is 7.96. The highest BCUT2D eigenvalue weighted by molar-refractivity contribution is 6.35. The number of nitrogens with zero attached hydrogens (tertiary/aromatic N) is 2. The molecule has 3 heterocycles. The van der Waals surface area contributed by atoms with Crippen LogP contribution in [0.1, 0.15) is 12.0 Å². The molecule has 0 saturated carbocycles. The molecule has 2 aromatic carbocycles. The molecule has 5 aromatic rings. The van der Waals surface area contributed by atoms with Gasteiger partial charge in [-0.25, -0.2) is 4.98 Å². The predicted octanol–water partition coefficient (Wildman–Crippen LogP) is 6.95. The first-order chi connectivity index (χ1) is 16.3. The molecule has 3 aromatic heterocycles. The van der Waals surface area contributed by atoms with Gasteiger partial charge in [0.1, 0.15) is 5.65 Å². The minimum Gasteiger partial charge on any atom is -0.306 e. The van der Waals surface area contributed by atoms with Crippen molar-refractivity contribution < 1.29 is 13.2 Å². The molecule has 8 heteroatoms. The van der Waals surface area contributed by atoms with Crippen LogP contribution < -0.4 is 5.56 Å². The van der Waals surface area contributed by atoms with Gasteiger partial charge in [0.15, 0.2) is 0 Å². The van der Waals surface area contributed by atoms with E-state index in [-0.39, 0.29) is 5.56 Å². The lowest BCUT2D eigenvalue weighted by atomic mass is 9.96. The lowest BCUT2D eigenvalue weighted by Gasteiger charge is -2.13. The van der Waals surface area contributed by atoms with Crippen LogP contribution in [-0.2, 0) is 6.42 Å². The van der Waals surface area contributed by atoms with Crippen molar-refractivity contribution in [1.29, 1.82) is 0 Å². The molecule has 0 radical (unpaired) electrons. The van der Waals surface area contributed by atoms with Gasteiger partial charge < -0.3 is 4.98 Å². The van der Waals surface area contributed by atoms with E-state index in [1.54, 1.807) is 12.3 Å². The monoisotopic (exact) mass is 479 g/mol. The third-order valence-corrected chi connectivity index (χ3v) is 5.89. The number of rotatable bonds is 4. The summed E-state index contributed by atoms with van der Waals surface area (Å²) in [4.78, 5) is 24.1. The standard InChI is InChI=1S/C26H17ClF3N3O/c27-21-14-18(11-16-7-4-10-31-23(16)21)20-13-19-12-17(8-9-26(28,29)30)25(34)33-24(19)32-22(20)15-5-2-1-3-6-15/h1-7,10-14H,8-9H2,(H,32,33,34). The van der Waals surface area contributed by atoms with Gasteiger partial charge >= 0.3 is 6.18 Å². The van der Waals surface area contributed by atoms with Crippen molar-refractivity contribution >= 4 is 33.5 Å².